The molecule has 98 valence electrons. The number of pyridine rings is 1. The summed E-state index contributed by atoms with van der Waals surface area (Å²) in [6, 6.07) is 10.7. The first-order valence-electron chi connectivity index (χ1n) is 5.99. The largest absolute Gasteiger partial charge is 0.478 e. The van der Waals surface area contributed by atoms with Crippen molar-refractivity contribution in [3.63, 3.8) is 0 Å². The predicted octanol–water partition coefficient (Wildman–Crippen LogP) is 4.22. The smallest absolute Gasteiger partial charge is 0.337 e. The third-order valence-corrected chi connectivity index (χ3v) is 3.06. The highest BCUT2D eigenvalue weighted by atomic mass is 35.5. The molecule has 2 rings (SSSR count). The number of aromatic nitrogens is 1. The van der Waals surface area contributed by atoms with Gasteiger partial charge in [-0.1, -0.05) is 37.6 Å². The summed E-state index contributed by atoms with van der Waals surface area (Å²) in [6.07, 6.45) is 0. The summed E-state index contributed by atoms with van der Waals surface area (Å²) >= 11 is 5.96. The Hall–Kier alpha value is -1.87. The molecule has 0 unspecified atom stereocenters. The van der Waals surface area contributed by atoms with Gasteiger partial charge in [-0.05, 0) is 30.2 Å². The van der Waals surface area contributed by atoms with Gasteiger partial charge in [0.15, 0.2) is 0 Å². The number of carboxylic acids is 1. The average molecular weight is 276 g/mol. The fraction of sp³-hybridized carbons (Fsp3) is 0.200. The molecule has 0 saturated carbocycles. The molecule has 0 spiro atoms. The van der Waals surface area contributed by atoms with Gasteiger partial charge in [0, 0.05) is 10.6 Å². The van der Waals surface area contributed by atoms with Crippen LogP contribution in [0.15, 0.2) is 36.4 Å². The summed E-state index contributed by atoms with van der Waals surface area (Å²) in [5, 5.41) is 9.79. The van der Waals surface area contributed by atoms with E-state index in [9.17, 15) is 4.79 Å². The Balaban J connectivity index is 2.55. The quantitative estimate of drug-likeness (QED) is 0.912. The van der Waals surface area contributed by atoms with Gasteiger partial charge < -0.3 is 5.11 Å². The first kappa shape index (κ1) is 13.6. The third-order valence-electron chi connectivity index (χ3n) is 2.82. The molecule has 1 aromatic carbocycles. The van der Waals surface area contributed by atoms with Crippen LogP contribution in [0.25, 0.3) is 11.3 Å². The highest BCUT2D eigenvalue weighted by Gasteiger charge is 2.15. The molecule has 0 aliphatic rings. The Morgan fingerprint density at radius 2 is 2.00 bits per heavy atom. The summed E-state index contributed by atoms with van der Waals surface area (Å²) < 4.78 is 0. The Labute approximate surface area is 116 Å². The lowest BCUT2D eigenvalue weighted by atomic mass is 10.0. The highest BCUT2D eigenvalue weighted by Crippen LogP contribution is 2.25. The topological polar surface area (TPSA) is 50.2 Å². The van der Waals surface area contributed by atoms with E-state index in [4.69, 9.17) is 16.7 Å². The van der Waals surface area contributed by atoms with Crippen molar-refractivity contribution >= 4 is 17.6 Å². The van der Waals surface area contributed by atoms with Crippen molar-refractivity contribution in [2.45, 2.75) is 19.8 Å². The van der Waals surface area contributed by atoms with Gasteiger partial charge in [0.2, 0.25) is 0 Å². The Morgan fingerprint density at radius 1 is 1.26 bits per heavy atom. The highest BCUT2D eigenvalue weighted by molar-refractivity contribution is 6.30. The zero-order valence-corrected chi connectivity index (χ0v) is 11.5. The molecule has 0 fully saturated rings. The van der Waals surface area contributed by atoms with Gasteiger partial charge in [0.25, 0.3) is 0 Å². The zero-order valence-electron chi connectivity index (χ0n) is 10.7. The van der Waals surface area contributed by atoms with Gasteiger partial charge in [-0.3, -0.25) is 4.98 Å². The third kappa shape index (κ3) is 2.93. The fourth-order valence-corrected chi connectivity index (χ4v) is 2.09. The number of nitrogens with zero attached hydrogens (tertiary/aromatic N) is 1. The van der Waals surface area contributed by atoms with Crippen molar-refractivity contribution in [2.75, 3.05) is 0 Å². The minimum absolute atomic E-state index is 0.0465. The maximum atomic E-state index is 11.2. The van der Waals surface area contributed by atoms with Crippen LogP contribution >= 0.6 is 11.6 Å². The van der Waals surface area contributed by atoms with E-state index in [0.29, 0.717) is 10.7 Å². The maximum Gasteiger partial charge on any atom is 0.337 e. The van der Waals surface area contributed by atoms with E-state index >= 15 is 0 Å². The number of hydrogen-bond acceptors (Lipinski definition) is 2. The number of hydrogen-bond donors (Lipinski definition) is 1. The van der Waals surface area contributed by atoms with E-state index in [1.165, 1.54) is 0 Å². The molecule has 0 aliphatic heterocycles. The SMILES string of the molecule is CC(C)c1nc(-c2cccc(Cl)c2)ccc1C(=O)O. The normalized spacial score (nSPS) is 10.7. The monoisotopic (exact) mass is 275 g/mol. The lowest BCUT2D eigenvalue weighted by Crippen LogP contribution is -2.07. The number of aromatic carboxylic acids is 1. The lowest BCUT2D eigenvalue weighted by molar-refractivity contribution is 0.0694. The van der Waals surface area contributed by atoms with E-state index in [2.05, 4.69) is 4.98 Å². The Kier molecular flexibility index (Phi) is 3.86. The minimum Gasteiger partial charge on any atom is -0.478 e. The van der Waals surface area contributed by atoms with Crippen molar-refractivity contribution in [1.82, 2.24) is 4.98 Å². The molecule has 0 saturated heterocycles. The van der Waals surface area contributed by atoms with Crippen LogP contribution in [0.4, 0.5) is 0 Å². The average Bonchev–Trinajstić information content (AvgIpc) is 2.37. The number of benzene rings is 1. The number of carbonyl (C=O) groups is 1. The maximum absolute atomic E-state index is 11.2. The predicted molar refractivity (Wildman–Crippen MR) is 75.7 cm³/mol. The van der Waals surface area contributed by atoms with Crippen LogP contribution in [-0.4, -0.2) is 16.1 Å². The van der Waals surface area contributed by atoms with E-state index < -0.39 is 5.97 Å². The second-order valence-electron chi connectivity index (χ2n) is 4.60. The van der Waals surface area contributed by atoms with Gasteiger partial charge in [-0.15, -0.1) is 0 Å². The van der Waals surface area contributed by atoms with Crippen LogP contribution in [0.1, 0.15) is 35.8 Å². The van der Waals surface area contributed by atoms with Crippen LogP contribution in [0.3, 0.4) is 0 Å². The van der Waals surface area contributed by atoms with Gasteiger partial charge in [0.05, 0.1) is 17.0 Å². The summed E-state index contributed by atoms with van der Waals surface area (Å²) in [5.41, 5.74) is 2.45. The Bertz CT molecular complexity index is 623. The molecular weight excluding hydrogens is 262 g/mol. The van der Waals surface area contributed by atoms with Crippen LogP contribution in [0, 0.1) is 0 Å². The standard InChI is InChI=1S/C15H14ClNO2/c1-9(2)14-12(15(18)19)6-7-13(17-14)10-4-3-5-11(16)8-10/h3-9H,1-2H3,(H,18,19). The lowest BCUT2D eigenvalue weighted by Gasteiger charge is -2.11. The molecule has 1 heterocycles. The van der Waals surface area contributed by atoms with E-state index in [-0.39, 0.29) is 11.5 Å². The van der Waals surface area contributed by atoms with Crippen molar-refractivity contribution in [3.8, 4) is 11.3 Å². The molecule has 0 atom stereocenters. The van der Waals surface area contributed by atoms with E-state index in [0.717, 1.165) is 11.3 Å². The second kappa shape index (κ2) is 5.41. The van der Waals surface area contributed by atoms with Crippen molar-refractivity contribution < 1.29 is 9.90 Å². The van der Waals surface area contributed by atoms with Gasteiger partial charge in [-0.25, -0.2) is 4.79 Å². The summed E-state index contributed by atoms with van der Waals surface area (Å²) in [7, 11) is 0. The molecule has 1 N–H and O–H groups in total. The van der Waals surface area contributed by atoms with Crippen molar-refractivity contribution in [1.29, 1.82) is 0 Å². The second-order valence-corrected chi connectivity index (χ2v) is 5.04. The molecule has 0 amide bonds. The van der Waals surface area contributed by atoms with Crippen LogP contribution < -0.4 is 0 Å². The van der Waals surface area contributed by atoms with Crippen LogP contribution in [-0.2, 0) is 0 Å². The molecule has 0 radical (unpaired) electrons. The minimum atomic E-state index is -0.950. The molecule has 19 heavy (non-hydrogen) atoms. The number of rotatable bonds is 3. The van der Waals surface area contributed by atoms with Crippen LogP contribution in [0.2, 0.25) is 5.02 Å². The van der Waals surface area contributed by atoms with E-state index in [1.54, 1.807) is 18.2 Å². The first-order valence-corrected chi connectivity index (χ1v) is 6.37. The molecule has 2 aromatic rings. The summed E-state index contributed by atoms with van der Waals surface area (Å²) in [4.78, 5) is 15.6. The van der Waals surface area contributed by atoms with Crippen molar-refractivity contribution in [2.24, 2.45) is 0 Å². The molecule has 4 heteroatoms. The molecule has 0 bridgehead atoms. The summed E-state index contributed by atoms with van der Waals surface area (Å²) in [5.74, 6) is -0.904. The van der Waals surface area contributed by atoms with Gasteiger partial charge in [-0.2, -0.15) is 0 Å². The molecule has 1 aromatic heterocycles. The first-order chi connectivity index (χ1) is 8.99. The fourth-order valence-electron chi connectivity index (χ4n) is 1.90. The number of carboxylic acid groups (broad SMARTS) is 1. The molecular formula is C15H14ClNO2. The zero-order chi connectivity index (χ0) is 14.0. The molecule has 0 aliphatic carbocycles. The Morgan fingerprint density at radius 3 is 2.58 bits per heavy atom. The van der Waals surface area contributed by atoms with Gasteiger partial charge in [0.1, 0.15) is 0 Å². The van der Waals surface area contributed by atoms with Crippen LogP contribution in [0.5, 0.6) is 0 Å². The summed E-state index contributed by atoms with van der Waals surface area (Å²) in [6.45, 7) is 3.85. The van der Waals surface area contributed by atoms with Crippen molar-refractivity contribution in [3.05, 3.63) is 52.7 Å². The van der Waals surface area contributed by atoms with Gasteiger partial charge >= 0.3 is 5.97 Å². The molecule has 3 nitrogen and oxygen atoms in total. The number of halogens is 1. The van der Waals surface area contributed by atoms with E-state index in [1.807, 2.05) is 32.0 Å².